The molecule has 3 aromatic rings. The van der Waals surface area contributed by atoms with Crippen molar-refractivity contribution < 1.29 is 9.59 Å². The van der Waals surface area contributed by atoms with Gasteiger partial charge in [-0.25, -0.2) is 4.68 Å². The van der Waals surface area contributed by atoms with Crippen LogP contribution in [0.3, 0.4) is 0 Å². The molecule has 3 rings (SSSR count). The molecule has 28 heavy (non-hydrogen) atoms. The average molecular weight is 398 g/mol. The molecular formula is C20H20ClN5O2. The van der Waals surface area contributed by atoms with Crippen LogP contribution in [-0.2, 0) is 0 Å². The largest absolute Gasteiger partial charge is 0.350 e. The number of nitrogens with one attached hydrogen (secondary N) is 2. The van der Waals surface area contributed by atoms with E-state index in [1.165, 1.54) is 0 Å². The van der Waals surface area contributed by atoms with Gasteiger partial charge in [-0.05, 0) is 50.2 Å². The van der Waals surface area contributed by atoms with Crippen molar-refractivity contribution in [2.24, 2.45) is 0 Å². The summed E-state index contributed by atoms with van der Waals surface area (Å²) in [6.07, 6.45) is 0. The number of benzene rings is 2. The lowest BCUT2D eigenvalue weighted by Gasteiger charge is -2.07. The Morgan fingerprint density at radius 1 is 0.929 bits per heavy atom. The van der Waals surface area contributed by atoms with Crippen LogP contribution in [0.2, 0.25) is 5.02 Å². The zero-order valence-electron chi connectivity index (χ0n) is 15.6. The van der Waals surface area contributed by atoms with Crippen LogP contribution in [0, 0.1) is 13.8 Å². The van der Waals surface area contributed by atoms with E-state index in [1.54, 1.807) is 35.9 Å². The van der Waals surface area contributed by atoms with Crippen molar-refractivity contribution in [3.8, 4) is 5.69 Å². The van der Waals surface area contributed by atoms with E-state index >= 15 is 0 Å². The summed E-state index contributed by atoms with van der Waals surface area (Å²) in [5.41, 5.74) is 3.38. The van der Waals surface area contributed by atoms with Gasteiger partial charge in [-0.1, -0.05) is 34.5 Å². The molecule has 0 atom stereocenters. The highest BCUT2D eigenvalue weighted by molar-refractivity contribution is 6.30. The quantitative estimate of drug-likeness (QED) is 0.626. The molecule has 0 aliphatic rings. The van der Waals surface area contributed by atoms with Crippen molar-refractivity contribution in [2.45, 2.75) is 13.8 Å². The fourth-order valence-corrected chi connectivity index (χ4v) is 2.74. The lowest BCUT2D eigenvalue weighted by molar-refractivity contribution is 0.0924. The third kappa shape index (κ3) is 4.55. The fraction of sp³-hybridized carbons (Fsp3) is 0.200. The molecular weight excluding hydrogens is 378 g/mol. The molecule has 0 bridgehead atoms. The van der Waals surface area contributed by atoms with Crippen LogP contribution in [0.4, 0.5) is 0 Å². The van der Waals surface area contributed by atoms with E-state index in [2.05, 4.69) is 20.9 Å². The lowest BCUT2D eigenvalue weighted by Crippen LogP contribution is -2.35. The SMILES string of the molecule is Cc1ccc(-n2nnc(C(=O)NCCNC(=O)c3ccc(Cl)cc3)c2C)cc1. The predicted molar refractivity (Wildman–Crippen MR) is 107 cm³/mol. The molecule has 0 radical (unpaired) electrons. The van der Waals surface area contributed by atoms with Crippen LogP contribution in [-0.4, -0.2) is 39.9 Å². The Balaban J connectivity index is 1.53. The minimum atomic E-state index is -0.336. The first-order chi connectivity index (χ1) is 13.5. The smallest absolute Gasteiger partial charge is 0.273 e. The summed E-state index contributed by atoms with van der Waals surface area (Å²) in [5, 5.41) is 14.1. The maximum atomic E-state index is 12.4. The predicted octanol–water partition coefficient (Wildman–Crippen LogP) is 2.70. The molecule has 144 valence electrons. The van der Waals surface area contributed by atoms with Crippen LogP contribution in [0.1, 0.15) is 32.1 Å². The second-order valence-corrected chi connectivity index (χ2v) is 6.73. The molecule has 0 saturated heterocycles. The monoisotopic (exact) mass is 397 g/mol. The molecule has 0 unspecified atom stereocenters. The molecule has 1 heterocycles. The summed E-state index contributed by atoms with van der Waals surface area (Å²) in [7, 11) is 0. The Hall–Kier alpha value is -3.19. The number of amides is 2. The van der Waals surface area contributed by atoms with Crippen LogP contribution in [0.15, 0.2) is 48.5 Å². The van der Waals surface area contributed by atoms with Crippen LogP contribution in [0.25, 0.3) is 5.69 Å². The molecule has 0 fully saturated rings. The first kappa shape index (κ1) is 19.6. The Bertz CT molecular complexity index is 981. The molecule has 0 saturated carbocycles. The highest BCUT2D eigenvalue weighted by Gasteiger charge is 2.17. The molecule has 0 aliphatic heterocycles. The van der Waals surface area contributed by atoms with Gasteiger partial charge in [-0.15, -0.1) is 5.10 Å². The van der Waals surface area contributed by atoms with Gasteiger partial charge in [0.1, 0.15) is 0 Å². The van der Waals surface area contributed by atoms with Gasteiger partial charge in [0, 0.05) is 23.7 Å². The minimum absolute atomic E-state index is 0.229. The molecule has 8 heteroatoms. The van der Waals surface area contributed by atoms with Crippen LogP contribution >= 0.6 is 11.6 Å². The van der Waals surface area contributed by atoms with Gasteiger partial charge in [-0.2, -0.15) is 0 Å². The van der Waals surface area contributed by atoms with Crippen molar-refractivity contribution in [1.29, 1.82) is 0 Å². The molecule has 7 nitrogen and oxygen atoms in total. The maximum absolute atomic E-state index is 12.4. The molecule has 2 amide bonds. The van der Waals surface area contributed by atoms with E-state index in [0.29, 0.717) is 22.8 Å². The molecule has 0 spiro atoms. The van der Waals surface area contributed by atoms with Gasteiger partial charge < -0.3 is 10.6 Å². The van der Waals surface area contributed by atoms with Gasteiger partial charge in [-0.3, -0.25) is 9.59 Å². The van der Waals surface area contributed by atoms with E-state index < -0.39 is 0 Å². The number of hydrogen-bond acceptors (Lipinski definition) is 4. The Morgan fingerprint density at radius 3 is 2.18 bits per heavy atom. The van der Waals surface area contributed by atoms with Crippen molar-refractivity contribution in [3.63, 3.8) is 0 Å². The maximum Gasteiger partial charge on any atom is 0.273 e. The van der Waals surface area contributed by atoms with Gasteiger partial charge in [0.2, 0.25) is 0 Å². The molecule has 1 aromatic heterocycles. The molecule has 0 aliphatic carbocycles. The number of carbonyl (C=O) groups excluding carboxylic acids is 2. The van der Waals surface area contributed by atoms with Gasteiger partial charge in [0.15, 0.2) is 5.69 Å². The van der Waals surface area contributed by atoms with Crippen molar-refractivity contribution in [2.75, 3.05) is 13.1 Å². The Kier molecular flexibility index (Phi) is 6.06. The summed E-state index contributed by atoms with van der Waals surface area (Å²) >= 11 is 5.80. The summed E-state index contributed by atoms with van der Waals surface area (Å²) in [6, 6.07) is 14.4. The number of halogens is 1. The van der Waals surface area contributed by atoms with E-state index in [9.17, 15) is 9.59 Å². The van der Waals surface area contributed by atoms with E-state index in [1.807, 2.05) is 31.2 Å². The zero-order chi connectivity index (χ0) is 20.1. The summed E-state index contributed by atoms with van der Waals surface area (Å²) in [4.78, 5) is 24.4. The first-order valence-electron chi connectivity index (χ1n) is 8.77. The van der Waals surface area contributed by atoms with Gasteiger partial charge in [0.05, 0.1) is 11.4 Å². The number of aryl methyl sites for hydroxylation is 1. The first-order valence-corrected chi connectivity index (χ1v) is 9.15. The topological polar surface area (TPSA) is 88.9 Å². The van der Waals surface area contributed by atoms with E-state index in [0.717, 1.165) is 11.3 Å². The molecule has 2 aromatic carbocycles. The van der Waals surface area contributed by atoms with Crippen LogP contribution in [0.5, 0.6) is 0 Å². The van der Waals surface area contributed by atoms with Crippen molar-refractivity contribution >= 4 is 23.4 Å². The number of aromatic nitrogens is 3. The second-order valence-electron chi connectivity index (χ2n) is 6.29. The molecule has 2 N–H and O–H groups in total. The van der Waals surface area contributed by atoms with Crippen molar-refractivity contribution in [3.05, 3.63) is 76.1 Å². The number of nitrogens with zero attached hydrogens (tertiary/aromatic N) is 3. The third-order valence-electron chi connectivity index (χ3n) is 4.19. The average Bonchev–Trinajstić information content (AvgIpc) is 3.07. The van der Waals surface area contributed by atoms with Gasteiger partial charge in [0.25, 0.3) is 11.8 Å². The number of hydrogen-bond donors (Lipinski definition) is 2. The van der Waals surface area contributed by atoms with E-state index in [4.69, 9.17) is 11.6 Å². The summed E-state index contributed by atoms with van der Waals surface area (Å²) in [5.74, 6) is -0.566. The standard InChI is InChI=1S/C20H20ClN5O2/c1-13-3-9-17(10-4-13)26-14(2)18(24-25-26)20(28)23-12-11-22-19(27)15-5-7-16(21)8-6-15/h3-10H,11-12H2,1-2H3,(H,22,27)(H,23,28). The highest BCUT2D eigenvalue weighted by atomic mass is 35.5. The summed E-state index contributed by atoms with van der Waals surface area (Å²) < 4.78 is 1.62. The Morgan fingerprint density at radius 2 is 1.54 bits per heavy atom. The minimum Gasteiger partial charge on any atom is -0.350 e. The van der Waals surface area contributed by atoms with Crippen molar-refractivity contribution in [1.82, 2.24) is 25.6 Å². The van der Waals surface area contributed by atoms with E-state index in [-0.39, 0.29) is 24.1 Å². The second kappa shape index (κ2) is 8.67. The third-order valence-corrected chi connectivity index (χ3v) is 4.44. The number of rotatable bonds is 6. The van der Waals surface area contributed by atoms with Gasteiger partial charge >= 0.3 is 0 Å². The number of carbonyl (C=O) groups is 2. The van der Waals surface area contributed by atoms with Crippen LogP contribution < -0.4 is 10.6 Å². The fourth-order valence-electron chi connectivity index (χ4n) is 2.61. The lowest BCUT2D eigenvalue weighted by atomic mass is 10.2. The summed E-state index contributed by atoms with van der Waals surface area (Å²) in [6.45, 7) is 4.35. The Labute approximate surface area is 167 Å². The zero-order valence-corrected chi connectivity index (χ0v) is 16.3. The normalized spacial score (nSPS) is 10.5. The highest BCUT2D eigenvalue weighted by Crippen LogP contribution is 2.13.